The van der Waals surface area contributed by atoms with Crippen molar-refractivity contribution in [3.8, 4) is 28.2 Å². The summed E-state index contributed by atoms with van der Waals surface area (Å²) in [6.45, 7) is 0. The van der Waals surface area contributed by atoms with Crippen molar-refractivity contribution in [2.45, 2.75) is 4.90 Å². The first-order valence-corrected chi connectivity index (χ1v) is 11.4. The van der Waals surface area contributed by atoms with E-state index < -0.39 is 14.8 Å². The van der Waals surface area contributed by atoms with Gasteiger partial charge in [0.15, 0.2) is 9.84 Å². The second kappa shape index (κ2) is 7.98. The lowest BCUT2D eigenvalue weighted by atomic mass is 10.1. The van der Waals surface area contributed by atoms with Crippen LogP contribution in [0.15, 0.2) is 83.8 Å². The summed E-state index contributed by atoms with van der Waals surface area (Å²) in [7, 11) is -3.32. The predicted molar refractivity (Wildman–Crippen MR) is 119 cm³/mol. The SMILES string of the molecule is CS(=O)(=O)c1ccc(-n2nc(-c3ccc(Cl)cc3)cc2-c2ccc([N+](=O)[O-])cc2)cc1. The number of non-ortho nitro benzene ring substituents is 1. The molecule has 0 saturated heterocycles. The molecule has 0 aliphatic heterocycles. The molecule has 4 rings (SSSR count). The average Bonchev–Trinajstić information content (AvgIpc) is 3.19. The number of halogens is 1. The van der Waals surface area contributed by atoms with Gasteiger partial charge in [-0.2, -0.15) is 5.10 Å². The van der Waals surface area contributed by atoms with E-state index in [4.69, 9.17) is 16.7 Å². The van der Waals surface area contributed by atoms with Crippen molar-refractivity contribution >= 4 is 27.1 Å². The lowest BCUT2D eigenvalue weighted by Crippen LogP contribution is -2.01. The number of aromatic nitrogens is 2. The van der Waals surface area contributed by atoms with Gasteiger partial charge in [-0.15, -0.1) is 0 Å². The molecule has 156 valence electrons. The molecular weight excluding hydrogens is 438 g/mol. The van der Waals surface area contributed by atoms with Crippen LogP contribution in [0.2, 0.25) is 5.02 Å². The normalized spacial score (nSPS) is 11.4. The Kier molecular flexibility index (Phi) is 5.34. The van der Waals surface area contributed by atoms with E-state index in [1.807, 2.05) is 18.2 Å². The second-order valence-electron chi connectivity index (χ2n) is 6.90. The van der Waals surface area contributed by atoms with Crippen LogP contribution in [0.1, 0.15) is 0 Å². The van der Waals surface area contributed by atoms with Crippen molar-refractivity contribution in [1.82, 2.24) is 9.78 Å². The molecule has 0 unspecified atom stereocenters. The van der Waals surface area contributed by atoms with Crippen molar-refractivity contribution in [3.63, 3.8) is 0 Å². The lowest BCUT2D eigenvalue weighted by molar-refractivity contribution is -0.384. The van der Waals surface area contributed by atoms with Crippen LogP contribution in [0.25, 0.3) is 28.2 Å². The molecule has 0 aliphatic rings. The predicted octanol–water partition coefficient (Wildman–Crippen LogP) is 5.17. The number of benzene rings is 3. The fourth-order valence-corrected chi connectivity index (χ4v) is 3.89. The molecule has 0 atom stereocenters. The first-order chi connectivity index (χ1) is 14.7. The van der Waals surface area contributed by atoms with Gasteiger partial charge in [0.05, 0.1) is 26.9 Å². The highest BCUT2D eigenvalue weighted by molar-refractivity contribution is 7.90. The highest BCUT2D eigenvalue weighted by Gasteiger charge is 2.15. The van der Waals surface area contributed by atoms with Crippen LogP contribution < -0.4 is 0 Å². The monoisotopic (exact) mass is 453 g/mol. The molecule has 1 heterocycles. The van der Waals surface area contributed by atoms with Crippen molar-refractivity contribution in [2.24, 2.45) is 0 Å². The molecule has 9 heteroatoms. The molecule has 0 fully saturated rings. The molecule has 0 amide bonds. The Morgan fingerprint density at radius 1 is 0.903 bits per heavy atom. The number of nitro benzene ring substituents is 1. The molecule has 0 radical (unpaired) electrons. The van der Waals surface area contributed by atoms with Crippen LogP contribution in [-0.2, 0) is 9.84 Å². The number of nitrogens with zero attached hydrogens (tertiary/aromatic N) is 3. The minimum Gasteiger partial charge on any atom is -0.258 e. The summed E-state index contributed by atoms with van der Waals surface area (Å²) in [5.74, 6) is 0. The van der Waals surface area contributed by atoms with Crippen molar-refractivity contribution < 1.29 is 13.3 Å². The van der Waals surface area contributed by atoms with E-state index in [0.29, 0.717) is 22.1 Å². The largest absolute Gasteiger partial charge is 0.269 e. The number of hydrogen-bond acceptors (Lipinski definition) is 5. The third-order valence-corrected chi connectivity index (χ3v) is 6.11. The van der Waals surface area contributed by atoms with E-state index in [2.05, 4.69) is 0 Å². The maximum Gasteiger partial charge on any atom is 0.269 e. The van der Waals surface area contributed by atoms with Crippen molar-refractivity contribution in [2.75, 3.05) is 6.26 Å². The van der Waals surface area contributed by atoms with E-state index in [9.17, 15) is 18.5 Å². The third kappa shape index (κ3) is 4.35. The average molecular weight is 454 g/mol. The van der Waals surface area contributed by atoms with Crippen molar-refractivity contribution in [3.05, 3.63) is 94.0 Å². The van der Waals surface area contributed by atoms with Gasteiger partial charge in [0.1, 0.15) is 0 Å². The molecule has 0 N–H and O–H groups in total. The Hall–Kier alpha value is -3.49. The minimum atomic E-state index is -3.32. The first-order valence-electron chi connectivity index (χ1n) is 9.14. The molecular formula is C22H16ClN3O4S. The van der Waals surface area contributed by atoms with Gasteiger partial charge in [0, 0.05) is 34.5 Å². The maximum atomic E-state index is 11.8. The van der Waals surface area contributed by atoms with Crippen molar-refractivity contribution in [1.29, 1.82) is 0 Å². The second-order valence-corrected chi connectivity index (χ2v) is 9.36. The molecule has 4 aromatic rings. The summed E-state index contributed by atoms with van der Waals surface area (Å²) in [5, 5.41) is 16.3. The van der Waals surface area contributed by atoms with E-state index in [1.165, 1.54) is 24.3 Å². The molecule has 1 aromatic heterocycles. The quantitative estimate of drug-likeness (QED) is 0.307. The van der Waals surface area contributed by atoms with Crippen LogP contribution in [0.4, 0.5) is 5.69 Å². The minimum absolute atomic E-state index is 0.00903. The highest BCUT2D eigenvalue weighted by atomic mass is 35.5. The van der Waals surface area contributed by atoms with Gasteiger partial charge in [-0.1, -0.05) is 23.7 Å². The smallest absolute Gasteiger partial charge is 0.258 e. The molecule has 7 nitrogen and oxygen atoms in total. The standard InChI is InChI=1S/C22H16ClN3O4S/c1-31(29,30)20-12-10-18(11-13-20)25-22(16-4-8-19(9-5-16)26(27)28)14-21(24-25)15-2-6-17(23)7-3-15/h2-14H,1H3. The Morgan fingerprint density at radius 2 is 1.48 bits per heavy atom. The maximum absolute atomic E-state index is 11.8. The Balaban J connectivity index is 1.85. The molecule has 0 saturated carbocycles. The summed E-state index contributed by atoms with van der Waals surface area (Å²) in [6.07, 6.45) is 1.15. The van der Waals surface area contributed by atoms with Crippen LogP contribution in [0.3, 0.4) is 0 Å². The summed E-state index contributed by atoms with van der Waals surface area (Å²) < 4.78 is 25.2. The van der Waals surface area contributed by atoms with Crippen LogP contribution in [0.5, 0.6) is 0 Å². The van der Waals surface area contributed by atoms with E-state index in [-0.39, 0.29) is 10.6 Å². The van der Waals surface area contributed by atoms with Gasteiger partial charge in [-0.05, 0) is 54.6 Å². The third-order valence-electron chi connectivity index (χ3n) is 4.73. The number of sulfone groups is 1. The Bertz CT molecular complexity index is 1360. The summed E-state index contributed by atoms with van der Waals surface area (Å²) >= 11 is 5.99. The van der Waals surface area contributed by atoms with Gasteiger partial charge >= 0.3 is 0 Å². The van der Waals surface area contributed by atoms with E-state index in [0.717, 1.165) is 17.4 Å². The topological polar surface area (TPSA) is 95.1 Å². The zero-order valence-electron chi connectivity index (χ0n) is 16.3. The Morgan fingerprint density at radius 3 is 2.03 bits per heavy atom. The first kappa shape index (κ1) is 20.8. The fraction of sp³-hybridized carbons (Fsp3) is 0.0455. The molecule has 31 heavy (non-hydrogen) atoms. The zero-order chi connectivity index (χ0) is 22.2. The molecule has 0 spiro atoms. The lowest BCUT2D eigenvalue weighted by Gasteiger charge is -2.08. The molecule has 0 bridgehead atoms. The summed E-state index contributed by atoms with van der Waals surface area (Å²) in [5.41, 5.74) is 3.60. The van der Waals surface area contributed by atoms with Gasteiger partial charge in [-0.3, -0.25) is 10.1 Å². The van der Waals surface area contributed by atoms with Gasteiger partial charge in [0.2, 0.25) is 0 Å². The van der Waals surface area contributed by atoms with Crippen LogP contribution in [0, 0.1) is 10.1 Å². The van der Waals surface area contributed by atoms with Crippen LogP contribution >= 0.6 is 11.6 Å². The van der Waals surface area contributed by atoms with Gasteiger partial charge < -0.3 is 0 Å². The fourth-order valence-electron chi connectivity index (χ4n) is 3.13. The number of rotatable bonds is 5. The van der Waals surface area contributed by atoms with E-state index in [1.54, 1.807) is 41.1 Å². The highest BCUT2D eigenvalue weighted by Crippen LogP contribution is 2.30. The van der Waals surface area contributed by atoms with Crippen LogP contribution in [-0.4, -0.2) is 29.4 Å². The summed E-state index contributed by atoms with van der Waals surface area (Å²) in [4.78, 5) is 10.7. The Labute approximate surface area is 183 Å². The molecule has 3 aromatic carbocycles. The number of hydrogen-bond donors (Lipinski definition) is 0. The van der Waals surface area contributed by atoms with Gasteiger partial charge in [0.25, 0.3) is 5.69 Å². The van der Waals surface area contributed by atoms with Gasteiger partial charge in [-0.25, -0.2) is 13.1 Å². The van der Waals surface area contributed by atoms with E-state index >= 15 is 0 Å². The molecule has 0 aliphatic carbocycles. The zero-order valence-corrected chi connectivity index (χ0v) is 17.8. The number of nitro groups is 1. The summed E-state index contributed by atoms with van der Waals surface area (Å²) in [6, 6.07) is 21.7.